The van der Waals surface area contributed by atoms with Crippen molar-refractivity contribution in [2.45, 2.75) is 6.04 Å². The van der Waals surface area contributed by atoms with Crippen molar-refractivity contribution in [3.63, 3.8) is 0 Å². The van der Waals surface area contributed by atoms with Gasteiger partial charge in [0, 0.05) is 49.6 Å². The van der Waals surface area contributed by atoms with Gasteiger partial charge in [0.15, 0.2) is 0 Å². The molecule has 0 saturated carbocycles. The van der Waals surface area contributed by atoms with Crippen LogP contribution in [-0.4, -0.2) is 61.1 Å². The van der Waals surface area contributed by atoms with Gasteiger partial charge in [-0.2, -0.15) is 10.2 Å². The highest BCUT2D eigenvalue weighted by atomic mass is 35.5. The number of aromatic nitrogens is 6. The molecular formula is C21H21ClFN9O. The van der Waals surface area contributed by atoms with Crippen LogP contribution in [0.3, 0.4) is 0 Å². The van der Waals surface area contributed by atoms with Crippen LogP contribution in [0.15, 0.2) is 43.2 Å². The number of alkyl halides is 1. The molecule has 0 radical (unpaired) electrons. The molecule has 5 rings (SSSR count). The van der Waals surface area contributed by atoms with Crippen molar-refractivity contribution in [3.05, 3.63) is 53.8 Å². The topological polar surface area (TPSA) is 119 Å². The molecule has 170 valence electrons. The van der Waals surface area contributed by atoms with Crippen molar-refractivity contribution < 1.29 is 9.18 Å². The highest BCUT2D eigenvalue weighted by Crippen LogP contribution is 2.31. The Balaban J connectivity index is 1.51. The zero-order chi connectivity index (χ0) is 23.1. The van der Waals surface area contributed by atoms with Gasteiger partial charge in [0.1, 0.15) is 0 Å². The summed E-state index contributed by atoms with van der Waals surface area (Å²) in [5, 5.41) is 12.3. The maximum absolute atomic E-state index is 14.0. The molecule has 0 bridgehead atoms. The summed E-state index contributed by atoms with van der Waals surface area (Å²) < 4.78 is 17.3. The summed E-state index contributed by atoms with van der Waals surface area (Å²) in [6, 6.07) is 1.59. The molecule has 0 aliphatic carbocycles. The second-order valence-corrected chi connectivity index (χ2v) is 8.47. The molecule has 12 heteroatoms. The number of primary amides is 1. The lowest BCUT2D eigenvalue weighted by Gasteiger charge is -2.21. The van der Waals surface area contributed by atoms with Crippen LogP contribution in [0, 0.1) is 5.92 Å². The van der Waals surface area contributed by atoms with Crippen LogP contribution in [0.5, 0.6) is 0 Å². The second kappa shape index (κ2) is 8.32. The van der Waals surface area contributed by atoms with Gasteiger partial charge in [0.2, 0.25) is 5.95 Å². The summed E-state index contributed by atoms with van der Waals surface area (Å²) in [6.07, 6.45) is 9.91. The lowest BCUT2D eigenvalue weighted by molar-refractivity contribution is 0.100. The zero-order valence-electron chi connectivity index (χ0n) is 17.7. The fourth-order valence-corrected chi connectivity index (χ4v) is 4.23. The van der Waals surface area contributed by atoms with E-state index >= 15 is 0 Å². The maximum atomic E-state index is 14.0. The first-order valence-electron chi connectivity index (χ1n) is 10.3. The third-order valence-electron chi connectivity index (χ3n) is 5.80. The first kappa shape index (κ1) is 21.1. The largest absolute Gasteiger partial charge is 0.378 e. The number of carbonyl (C=O) groups is 1. The lowest BCUT2D eigenvalue weighted by atomic mass is 10.0. The summed E-state index contributed by atoms with van der Waals surface area (Å²) in [5.41, 5.74) is 8.83. The average Bonchev–Trinajstić information content (AvgIpc) is 3.52. The average molecular weight is 470 g/mol. The van der Waals surface area contributed by atoms with Crippen molar-refractivity contribution in [2.24, 2.45) is 18.7 Å². The summed E-state index contributed by atoms with van der Waals surface area (Å²) >= 11 is 5.89. The van der Waals surface area contributed by atoms with Crippen molar-refractivity contribution in [3.8, 4) is 11.1 Å². The Bertz CT molecular complexity index is 1320. The van der Waals surface area contributed by atoms with Crippen molar-refractivity contribution in [1.82, 2.24) is 29.4 Å². The standard InChI is InChI=1S/C21H21ClFN9O/c1-30-8-14(4-27-30)12-2-18-19(16(20(24)33)7-28-32(18)10-12)29-17-11-31(9-13(17)3-23)21-25-5-15(22)6-26-21/h2,4-8,10,13,17,29H,3,9,11H2,1H3,(H2,24,33)/t13-,17-/m1/s1. The molecular weight excluding hydrogens is 449 g/mol. The molecule has 1 aliphatic heterocycles. The maximum Gasteiger partial charge on any atom is 0.252 e. The molecule has 33 heavy (non-hydrogen) atoms. The number of nitrogens with one attached hydrogen (secondary N) is 1. The number of rotatable bonds is 6. The van der Waals surface area contributed by atoms with Crippen LogP contribution in [0.1, 0.15) is 10.4 Å². The fourth-order valence-electron chi connectivity index (χ4n) is 4.13. The summed E-state index contributed by atoms with van der Waals surface area (Å²) in [5.74, 6) is -0.492. The number of nitrogens with zero attached hydrogens (tertiary/aromatic N) is 7. The molecule has 10 nitrogen and oxygen atoms in total. The number of carbonyl (C=O) groups excluding carboxylic acids is 1. The Morgan fingerprint density at radius 3 is 2.64 bits per heavy atom. The van der Waals surface area contributed by atoms with Gasteiger partial charge < -0.3 is 16.0 Å². The second-order valence-electron chi connectivity index (χ2n) is 8.03. The number of aryl methyl sites for hydroxylation is 1. The minimum atomic E-state index is -0.621. The summed E-state index contributed by atoms with van der Waals surface area (Å²) in [4.78, 5) is 22.6. The van der Waals surface area contributed by atoms with Crippen molar-refractivity contribution >= 4 is 34.7 Å². The SMILES string of the molecule is Cn1cc(-c2cc3c(N[C@@H]4CN(c5ncc(Cl)cn5)C[C@H]4CF)c(C(N)=O)cnn3c2)cn1. The van der Waals surface area contributed by atoms with Gasteiger partial charge in [0.25, 0.3) is 5.91 Å². The lowest BCUT2D eigenvalue weighted by Crippen LogP contribution is -2.31. The zero-order valence-corrected chi connectivity index (χ0v) is 18.4. The van der Waals surface area contributed by atoms with E-state index in [9.17, 15) is 9.18 Å². The van der Waals surface area contributed by atoms with Crippen LogP contribution in [0.2, 0.25) is 5.02 Å². The molecule has 5 heterocycles. The van der Waals surface area contributed by atoms with E-state index in [4.69, 9.17) is 17.3 Å². The first-order chi connectivity index (χ1) is 15.9. The molecule has 4 aromatic rings. The van der Waals surface area contributed by atoms with Crippen molar-refractivity contribution in [1.29, 1.82) is 0 Å². The van der Waals surface area contributed by atoms with Crippen LogP contribution in [0.4, 0.5) is 16.0 Å². The monoisotopic (exact) mass is 469 g/mol. The molecule has 1 fully saturated rings. The fraction of sp³-hybridized carbons (Fsp3) is 0.286. The Labute approximate surface area is 193 Å². The number of amides is 1. The quantitative estimate of drug-likeness (QED) is 0.444. The van der Waals surface area contributed by atoms with Gasteiger partial charge in [-0.05, 0) is 6.07 Å². The first-order valence-corrected chi connectivity index (χ1v) is 10.7. The molecule has 2 atom stereocenters. The summed E-state index contributed by atoms with van der Waals surface area (Å²) in [6.45, 7) is 0.321. The number of anilines is 2. The third-order valence-corrected chi connectivity index (χ3v) is 5.99. The number of nitrogens with two attached hydrogens (primary N) is 1. The van der Waals surface area contributed by atoms with E-state index in [1.54, 1.807) is 15.4 Å². The van der Waals surface area contributed by atoms with Crippen LogP contribution < -0.4 is 16.0 Å². The Morgan fingerprint density at radius 2 is 1.97 bits per heavy atom. The van der Waals surface area contributed by atoms with Crippen LogP contribution in [-0.2, 0) is 7.05 Å². The molecule has 0 aromatic carbocycles. The van der Waals surface area contributed by atoms with Gasteiger partial charge >= 0.3 is 0 Å². The Hall–Kier alpha value is -3.73. The molecule has 1 saturated heterocycles. The van der Waals surface area contributed by atoms with Gasteiger partial charge in [-0.3, -0.25) is 13.9 Å². The molecule has 0 unspecified atom stereocenters. The highest BCUT2D eigenvalue weighted by molar-refractivity contribution is 6.30. The Kier molecular flexibility index (Phi) is 5.33. The van der Waals surface area contributed by atoms with E-state index in [-0.39, 0.29) is 17.5 Å². The Morgan fingerprint density at radius 1 is 1.18 bits per heavy atom. The van der Waals surface area contributed by atoms with E-state index in [0.717, 1.165) is 11.1 Å². The predicted molar refractivity (Wildman–Crippen MR) is 122 cm³/mol. The van der Waals surface area contributed by atoms with Gasteiger partial charge in [0.05, 0.1) is 59.3 Å². The number of halogens is 2. The number of hydrogen-bond donors (Lipinski definition) is 2. The normalized spacial score (nSPS) is 18.2. The molecule has 4 aromatic heterocycles. The van der Waals surface area contributed by atoms with Gasteiger partial charge in [-0.15, -0.1) is 0 Å². The summed E-state index contributed by atoms with van der Waals surface area (Å²) in [7, 11) is 1.84. The minimum Gasteiger partial charge on any atom is -0.378 e. The van der Waals surface area contributed by atoms with Gasteiger partial charge in [-0.25, -0.2) is 14.5 Å². The third kappa shape index (κ3) is 3.95. The minimum absolute atomic E-state index is 0.233. The molecule has 1 aliphatic rings. The van der Waals surface area contributed by atoms with E-state index in [0.29, 0.717) is 35.3 Å². The van der Waals surface area contributed by atoms with Gasteiger partial charge in [-0.1, -0.05) is 11.6 Å². The predicted octanol–water partition coefficient (Wildman–Crippen LogP) is 2.16. The molecule has 0 spiro atoms. The smallest absolute Gasteiger partial charge is 0.252 e. The highest BCUT2D eigenvalue weighted by Gasteiger charge is 2.35. The van der Waals surface area contributed by atoms with E-state index < -0.39 is 12.6 Å². The van der Waals surface area contributed by atoms with E-state index in [2.05, 4.69) is 25.5 Å². The van der Waals surface area contributed by atoms with Crippen molar-refractivity contribution in [2.75, 3.05) is 30.0 Å². The van der Waals surface area contributed by atoms with Crippen LogP contribution in [0.25, 0.3) is 16.6 Å². The molecule has 1 amide bonds. The van der Waals surface area contributed by atoms with E-state index in [1.165, 1.54) is 18.6 Å². The number of hydrogen-bond acceptors (Lipinski definition) is 7. The number of fused-ring (bicyclic) bond motifs is 1. The van der Waals surface area contributed by atoms with Crippen LogP contribution >= 0.6 is 11.6 Å². The molecule has 3 N–H and O–H groups in total. The van der Waals surface area contributed by atoms with E-state index in [1.807, 2.05) is 30.4 Å².